The lowest BCUT2D eigenvalue weighted by atomic mass is 10.2. The zero-order valence-electron chi connectivity index (χ0n) is 12.6. The van der Waals surface area contributed by atoms with E-state index in [0.717, 1.165) is 30.3 Å². The summed E-state index contributed by atoms with van der Waals surface area (Å²) in [5.74, 6) is 0.925. The van der Waals surface area contributed by atoms with Gasteiger partial charge in [0.2, 0.25) is 5.91 Å². The van der Waals surface area contributed by atoms with E-state index in [0.29, 0.717) is 19.4 Å². The number of nitrogens with one attached hydrogen (secondary N) is 1. The summed E-state index contributed by atoms with van der Waals surface area (Å²) in [4.78, 5) is 26.7. The highest BCUT2D eigenvalue weighted by molar-refractivity contribution is 7.12. The Morgan fingerprint density at radius 1 is 1.43 bits per heavy atom. The molecule has 1 fully saturated rings. The summed E-state index contributed by atoms with van der Waals surface area (Å²) in [6, 6.07) is 3.67. The molecule has 1 aromatic rings. The molecule has 1 aromatic heterocycles. The smallest absolute Gasteiger partial charge is 0.261 e. The molecular formula is C16H24N2O2S. The summed E-state index contributed by atoms with van der Waals surface area (Å²) in [6.45, 7) is 4.45. The third kappa shape index (κ3) is 5.50. The van der Waals surface area contributed by atoms with Gasteiger partial charge < -0.3 is 10.2 Å². The van der Waals surface area contributed by atoms with E-state index in [1.54, 1.807) is 0 Å². The molecule has 0 aromatic carbocycles. The van der Waals surface area contributed by atoms with Crippen LogP contribution in [0.25, 0.3) is 0 Å². The van der Waals surface area contributed by atoms with E-state index in [1.807, 2.05) is 22.4 Å². The number of thiophene rings is 1. The molecule has 2 rings (SSSR count). The predicted molar refractivity (Wildman–Crippen MR) is 85.5 cm³/mol. The number of rotatable bonds is 9. The third-order valence-electron chi connectivity index (χ3n) is 3.62. The van der Waals surface area contributed by atoms with Gasteiger partial charge in [-0.2, -0.15) is 0 Å². The number of amides is 2. The minimum absolute atomic E-state index is 0.0409. The lowest BCUT2D eigenvalue weighted by Gasteiger charge is -2.22. The zero-order chi connectivity index (χ0) is 15.1. The van der Waals surface area contributed by atoms with Gasteiger partial charge in [-0.15, -0.1) is 11.3 Å². The molecule has 0 aliphatic heterocycles. The highest BCUT2D eigenvalue weighted by Crippen LogP contribution is 2.29. The van der Waals surface area contributed by atoms with Crippen LogP contribution >= 0.6 is 11.3 Å². The summed E-state index contributed by atoms with van der Waals surface area (Å²) < 4.78 is 0. The van der Waals surface area contributed by atoms with Crippen LogP contribution in [0.4, 0.5) is 0 Å². The molecule has 0 bridgehead atoms. The van der Waals surface area contributed by atoms with E-state index in [9.17, 15) is 9.59 Å². The second kappa shape index (κ2) is 8.17. The van der Waals surface area contributed by atoms with Crippen LogP contribution < -0.4 is 5.32 Å². The van der Waals surface area contributed by atoms with Crippen molar-refractivity contribution in [2.45, 2.75) is 39.0 Å². The monoisotopic (exact) mass is 308 g/mol. The van der Waals surface area contributed by atoms with Crippen molar-refractivity contribution in [2.75, 3.05) is 19.6 Å². The van der Waals surface area contributed by atoms with E-state index in [1.165, 1.54) is 24.2 Å². The predicted octanol–water partition coefficient (Wildman–Crippen LogP) is 2.91. The summed E-state index contributed by atoms with van der Waals surface area (Å²) >= 11 is 1.43. The summed E-state index contributed by atoms with van der Waals surface area (Å²) in [5.41, 5.74) is 0. The molecule has 0 atom stereocenters. The Kier molecular flexibility index (Phi) is 6.23. The van der Waals surface area contributed by atoms with E-state index < -0.39 is 0 Å². The minimum atomic E-state index is -0.0409. The maximum absolute atomic E-state index is 12.2. The Hall–Kier alpha value is -1.36. The second-order valence-electron chi connectivity index (χ2n) is 5.62. The van der Waals surface area contributed by atoms with Crippen LogP contribution in [-0.2, 0) is 4.79 Å². The second-order valence-corrected chi connectivity index (χ2v) is 6.57. The Morgan fingerprint density at radius 3 is 2.86 bits per heavy atom. The first-order valence-corrected chi connectivity index (χ1v) is 8.68. The largest absolute Gasteiger partial charge is 0.351 e. The Labute approximate surface area is 130 Å². The molecule has 0 unspecified atom stereocenters. The van der Waals surface area contributed by atoms with Gasteiger partial charge in [-0.3, -0.25) is 9.59 Å². The van der Waals surface area contributed by atoms with Crippen LogP contribution in [0.2, 0.25) is 0 Å². The van der Waals surface area contributed by atoms with Crippen LogP contribution in [0.1, 0.15) is 48.7 Å². The van der Waals surface area contributed by atoms with Crippen molar-refractivity contribution in [3.8, 4) is 0 Å². The molecule has 4 nitrogen and oxygen atoms in total. The average Bonchev–Trinajstić information content (AvgIpc) is 3.12. The topological polar surface area (TPSA) is 49.4 Å². The SMILES string of the molecule is CCCN(CC1CC1)C(=O)CCCNC(=O)c1cccs1. The molecule has 1 aliphatic carbocycles. The van der Waals surface area contributed by atoms with Gasteiger partial charge >= 0.3 is 0 Å². The highest BCUT2D eigenvalue weighted by atomic mass is 32.1. The van der Waals surface area contributed by atoms with Gasteiger partial charge in [-0.05, 0) is 43.0 Å². The van der Waals surface area contributed by atoms with Gasteiger partial charge in [0.15, 0.2) is 0 Å². The Balaban J connectivity index is 1.64. The lowest BCUT2D eigenvalue weighted by molar-refractivity contribution is -0.131. The standard InChI is InChI=1S/C16H24N2O2S/c1-2-10-18(12-13-7-8-13)15(19)6-3-9-17-16(20)14-5-4-11-21-14/h4-5,11,13H,2-3,6-10,12H2,1H3,(H,17,20). The molecule has 21 heavy (non-hydrogen) atoms. The lowest BCUT2D eigenvalue weighted by Crippen LogP contribution is -2.34. The number of hydrogen-bond donors (Lipinski definition) is 1. The van der Waals surface area contributed by atoms with E-state index >= 15 is 0 Å². The molecule has 0 radical (unpaired) electrons. The molecular weight excluding hydrogens is 284 g/mol. The van der Waals surface area contributed by atoms with Gasteiger partial charge in [0, 0.05) is 26.1 Å². The van der Waals surface area contributed by atoms with Gasteiger partial charge in [0.05, 0.1) is 4.88 Å². The number of hydrogen-bond acceptors (Lipinski definition) is 3. The summed E-state index contributed by atoms with van der Waals surface area (Å²) in [7, 11) is 0. The maximum atomic E-state index is 12.2. The van der Waals surface area contributed by atoms with Gasteiger partial charge in [0.25, 0.3) is 5.91 Å². The average molecular weight is 308 g/mol. The molecule has 1 saturated carbocycles. The Bertz CT molecular complexity index is 455. The third-order valence-corrected chi connectivity index (χ3v) is 4.49. The van der Waals surface area contributed by atoms with Gasteiger partial charge in [-0.1, -0.05) is 13.0 Å². The van der Waals surface area contributed by atoms with Crippen LogP contribution in [0, 0.1) is 5.92 Å². The first-order chi connectivity index (χ1) is 10.2. The van der Waals surface area contributed by atoms with Crippen molar-refractivity contribution in [2.24, 2.45) is 5.92 Å². The first-order valence-electron chi connectivity index (χ1n) is 7.80. The molecule has 116 valence electrons. The van der Waals surface area contributed by atoms with Crippen molar-refractivity contribution in [1.29, 1.82) is 0 Å². The first kappa shape index (κ1) is 16.0. The van der Waals surface area contributed by atoms with Crippen LogP contribution in [0.3, 0.4) is 0 Å². The van der Waals surface area contributed by atoms with Crippen LogP contribution in [-0.4, -0.2) is 36.3 Å². The normalized spacial score (nSPS) is 14.0. The van der Waals surface area contributed by atoms with Crippen molar-refractivity contribution in [3.05, 3.63) is 22.4 Å². The molecule has 1 aliphatic rings. The molecule has 0 spiro atoms. The van der Waals surface area contributed by atoms with Crippen LogP contribution in [0.15, 0.2) is 17.5 Å². The molecule has 0 saturated heterocycles. The van der Waals surface area contributed by atoms with E-state index in [-0.39, 0.29) is 11.8 Å². The number of carbonyl (C=O) groups excluding carboxylic acids is 2. The van der Waals surface area contributed by atoms with Crippen molar-refractivity contribution in [1.82, 2.24) is 10.2 Å². The quantitative estimate of drug-likeness (QED) is 0.713. The number of carbonyl (C=O) groups is 2. The minimum Gasteiger partial charge on any atom is -0.351 e. The van der Waals surface area contributed by atoms with Gasteiger partial charge in [-0.25, -0.2) is 0 Å². The van der Waals surface area contributed by atoms with Crippen molar-refractivity contribution >= 4 is 23.2 Å². The van der Waals surface area contributed by atoms with Crippen LogP contribution in [0.5, 0.6) is 0 Å². The zero-order valence-corrected chi connectivity index (χ0v) is 13.5. The van der Waals surface area contributed by atoms with E-state index in [2.05, 4.69) is 12.2 Å². The fraction of sp³-hybridized carbons (Fsp3) is 0.625. The van der Waals surface area contributed by atoms with Gasteiger partial charge in [0.1, 0.15) is 0 Å². The van der Waals surface area contributed by atoms with Crippen molar-refractivity contribution in [3.63, 3.8) is 0 Å². The molecule has 1 heterocycles. The fourth-order valence-corrected chi connectivity index (χ4v) is 2.93. The van der Waals surface area contributed by atoms with E-state index in [4.69, 9.17) is 0 Å². The molecule has 5 heteroatoms. The molecule has 2 amide bonds. The summed E-state index contributed by atoms with van der Waals surface area (Å²) in [6.07, 6.45) is 4.78. The fourth-order valence-electron chi connectivity index (χ4n) is 2.29. The Morgan fingerprint density at radius 2 is 2.24 bits per heavy atom. The van der Waals surface area contributed by atoms with Crippen molar-refractivity contribution < 1.29 is 9.59 Å². The molecule has 1 N–H and O–H groups in total. The number of nitrogens with zero attached hydrogens (tertiary/aromatic N) is 1. The highest BCUT2D eigenvalue weighted by Gasteiger charge is 2.26. The summed E-state index contributed by atoms with van der Waals surface area (Å²) in [5, 5.41) is 4.75. The maximum Gasteiger partial charge on any atom is 0.261 e.